The molecule has 4 heteroatoms. The number of nitrogens with one attached hydrogen (secondary N) is 2. The van der Waals surface area contributed by atoms with Crippen LogP contribution in [0.3, 0.4) is 0 Å². The van der Waals surface area contributed by atoms with Crippen molar-refractivity contribution in [1.82, 2.24) is 10.6 Å². The van der Waals surface area contributed by atoms with Gasteiger partial charge in [0.05, 0.1) is 13.2 Å². The van der Waals surface area contributed by atoms with Crippen molar-refractivity contribution >= 4 is 5.91 Å². The van der Waals surface area contributed by atoms with E-state index < -0.39 is 0 Å². The Morgan fingerprint density at radius 2 is 2.04 bits per heavy atom. The molecule has 0 bridgehead atoms. The molecular formula is C20H30N2O2. The Labute approximate surface area is 145 Å². The van der Waals surface area contributed by atoms with Gasteiger partial charge < -0.3 is 15.4 Å². The number of benzene rings is 1. The van der Waals surface area contributed by atoms with E-state index in [4.69, 9.17) is 4.74 Å². The van der Waals surface area contributed by atoms with Crippen molar-refractivity contribution in [3.63, 3.8) is 0 Å². The molecule has 4 atom stereocenters. The monoisotopic (exact) mass is 330 g/mol. The number of amides is 1. The van der Waals surface area contributed by atoms with Crippen molar-refractivity contribution in [3.05, 3.63) is 29.8 Å². The number of hydrogen-bond donors (Lipinski definition) is 2. The van der Waals surface area contributed by atoms with Crippen LogP contribution in [0.1, 0.15) is 56.9 Å². The molecule has 0 aromatic heterocycles. The molecule has 2 N–H and O–H groups in total. The van der Waals surface area contributed by atoms with E-state index in [-0.39, 0.29) is 11.9 Å². The lowest BCUT2D eigenvalue weighted by Gasteiger charge is -2.24. The molecular weight excluding hydrogens is 300 g/mol. The molecule has 132 valence electrons. The molecule has 1 saturated carbocycles. The molecule has 2 fully saturated rings. The van der Waals surface area contributed by atoms with Crippen LogP contribution in [0.15, 0.2) is 24.3 Å². The Kier molecular flexibility index (Phi) is 5.77. The Balaban J connectivity index is 1.41. The van der Waals surface area contributed by atoms with E-state index in [1.54, 1.807) is 7.11 Å². The van der Waals surface area contributed by atoms with Crippen LogP contribution in [0.25, 0.3) is 0 Å². The van der Waals surface area contributed by atoms with Gasteiger partial charge in [-0.05, 0) is 55.2 Å². The van der Waals surface area contributed by atoms with Crippen LogP contribution in [-0.4, -0.2) is 31.6 Å². The van der Waals surface area contributed by atoms with E-state index in [0.29, 0.717) is 17.9 Å². The third-order valence-electron chi connectivity index (χ3n) is 5.74. The minimum atomic E-state index is 0.0226. The first-order valence-corrected chi connectivity index (χ1v) is 9.35. The molecule has 4 unspecified atom stereocenters. The second-order valence-electron chi connectivity index (χ2n) is 7.36. The molecule has 1 aliphatic heterocycles. The lowest BCUT2D eigenvalue weighted by atomic mass is 9.85. The minimum absolute atomic E-state index is 0.0226. The van der Waals surface area contributed by atoms with Gasteiger partial charge >= 0.3 is 0 Å². The SMILES string of the molecule is COc1ccc(C(C)CCNC(=O)C2CC3CCCCC3N2)cc1. The molecule has 0 spiro atoms. The Morgan fingerprint density at radius 1 is 1.29 bits per heavy atom. The molecule has 1 aromatic carbocycles. The molecule has 4 nitrogen and oxygen atoms in total. The summed E-state index contributed by atoms with van der Waals surface area (Å²) in [5.74, 6) is 2.21. The van der Waals surface area contributed by atoms with Gasteiger partial charge in [0.15, 0.2) is 0 Å². The maximum Gasteiger partial charge on any atom is 0.237 e. The van der Waals surface area contributed by atoms with Crippen LogP contribution < -0.4 is 15.4 Å². The van der Waals surface area contributed by atoms with Gasteiger partial charge in [-0.2, -0.15) is 0 Å². The highest BCUT2D eigenvalue weighted by atomic mass is 16.5. The van der Waals surface area contributed by atoms with Gasteiger partial charge in [0.25, 0.3) is 0 Å². The maximum atomic E-state index is 12.4. The third kappa shape index (κ3) is 4.10. The second kappa shape index (κ2) is 8.02. The molecule has 1 aliphatic carbocycles. The summed E-state index contributed by atoms with van der Waals surface area (Å²) in [6, 6.07) is 8.80. The van der Waals surface area contributed by atoms with Gasteiger partial charge in [0.1, 0.15) is 5.75 Å². The van der Waals surface area contributed by atoms with Crippen LogP contribution in [-0.2, 0) is 4.79 Å². The van der Waals surface area contributed by atoms with Gasteiger partial charge in [-0.25, -0.2) is 0 Å². The number of rotatable bonds is 6. The van der Waals surface area contributed by atoms with Crippen molar-refractivity contribution in [3.8, 4) is 5.75 Å². The van der Waals surface area contributed by atoms with Crippen molar-refractivity contribution < 1.29 is 9.53 Å². The number of methoxy groups -OCH3 is 1. The smallest absolute Gasteiger partial charge is 0.237 e. The molecule has 24 heavy (non-hydrogen) atoms. The standard InChI is InChI=1S/C20H30N2O2/c1-14(15-7-9-17(24-2)10-8-15)11-12-21-20(23)19-13-16-5-3-4-6-18(16)22-19/h7-10,14,16,18-19,22H,3-6,11-13H2,1-2H3,(H,21,23). The first kappa shape index (κ1) is 17.3. The molecule has 0 radical (unpaired) electrons. The van der Waals surface area contributed by atoms with E-state index in [2.05, 4.69) is 29.7 Å². The fraction of sp³-hybridized carbons (Fsp3) is 0.650. The zero-order valence-electron chi connectivity index (χ0n) is 14.9. The van der Waals surface area contributed by atoms with Crippen molar-refractivity contribution in [1.29, 1.82) is 0 Å². The number of hydrogen-bond acceptors (Lipinski definition) is 3. The molecule has 1 aromatic rings. The summed E-state index contributed by atoms with van der Waals surface area (Å²) >= 11 is 0. The molecule has 2 aliphatic rings. The highest BCUT2D eigenvalue weighted by Gasteiger charge is 2.37. The van der Waals surface area contributed by atoms with Gasteiger partial charge in [-0.1, -0.05) is 31.9 Å². The number of fused-ring (bicyclic) bond motifs is 1. The normalized spacial score (nSPS) is 27.3. The Morgan fingerprint density at radius 3 is 2.75 bits per heavy atom. The van der Waals surface area contributed by atoms with E-state index in [1.807, 2.05) is 12.1 Å². The van der Waals surface area contributed by atoms with Gasteiger partial charge in [-0.3, -0.25) is 4.79 Å². The highest BCUT2D eigenvalue weighted by Crippen LogP contribution is 2.33. The largest absolute Gasteiger partial charge is 0.497 e. The summed E-state index contributed by atoms with van der Waals surface area (Å²) in [4.78, 5) is 12.4. The maximum absolute atomic E-state index is 12.4. The van der Waals surface area contributed by atoms with Crippen molar-refractivity contribution in [2.45, 2.75) is 63.5 Å². The molecule has 3 rings (SSSR count). The number of carbonyl (C=O) groups is 1. The van der Waals surface area contributed by atoms with E-state index >= 15 is 0 Å². The second-order valence-corrected chi connectivity index (χ2v) is 7.36. The summed E-state index contributed by atoms with van der Waals surface area (Å²) in [5, 5.41) is 6.68. The minimum Gasteiger partial charge on any atom is -0.497 e. The van der Waals surface area contributed by atoms with Crippen molar-refractivity contribution in [2.24, 2.45) is 5.92 Å². The predicted molar refractivity (Wildman–Crippen MR) is 96.3 cm³/mol. The number of carbonyl (C=O) groups excluding carboxylic acids is 1. The predicted octanol–water partition coefficient (Wildman–Crippen LogP) is 3.23. The van der Waals surface area contributed by atoms with E-state index in [9.17, 15) is 4.79 Å². The topological polar surface area (TPSA) is 50.4 Å². The highest BCUT2D eigenvalue weighted by molar-refractivity contribution is 5.82. The average molecular weight is 330 g/mol. The van der Waals surface area contributed by atoms with Crippen LogP contribution in [0.5, 0.6) is 5.75 Å². The Bertz CT molecular complexity index is 529. The summed E-state index contributed by atoms with van der Waals surface area (Å²) in [5.41, 5.74) is 1.29. The lowest BCUT2D eigenvalue weighted by molar-refractivity contribution is -0.122. The van der Waals surface area contributed by atoms with Crippen LogP contribution in [0.4, 0.5) is 0 Å². The van der Waals surface area contributed by atoms with Gasteiger partial charge in [0, 0.05) is 12.6 Å². The fourth-order valence-corrected chi connectivity index (χ4v) is 4.16. The van der Waals surface area contributed by atoms with Crippen molar-refractivity contribution in [2.75, 3.05) is 13.7 Å². The first-order chi connectivity index (χ1) is 11.7. The van der Waals surface area contributed by atoms with Crippen LogP contribution in [0, 0.1) is 5.92 Å². The average Bonchev–Trinajstić information content (AvgIpc) is 3.06. The quantitative estimate of drug-likeness (QED) is 0.842. The lowest BCUT2D eigenvalue weighted by Crippen LogP contribution is -2.43. The third-order valence-corrected chi connectivity index (χ3v) is 5.74. The number of ether oxygens (including phenoxy) is 1. The fourth-order valence-electron chi connectivity index (χ4n) is 4.16. The van der Waals surface area contributed by atoms with Gasteiger partial charge in [-0.15, -0.1) is 0 Å². The molecule has 1 saturated heterocycles. The van der Waals surface area contributed by atoms with E-state index in [1.165, 1.54) is 31.2 Å². The van der Waals surface area contributed by atoms with Gasteiger partial charge in [0.2, 0.25) is 5.91 Å². The summed E-state index contributed by atoms with van der Waals surface area (Å²) in [6.45, 7) is 2.94. The van der Waals surface area contributed by atoms with Crippen LogP contribution >= 0.6 is 0 Å². The van der Waals surface area contributed by atoms with E-state index in [0.717, 1.165) is 25.1 Å². The summed E-state index contributed by atoms with van der Waals surface area (Å²) in [6.07, 6.45) is 7.14. The molecule has 1 heterocycles. The zero-order valence-corrected chi connectivity index (χ0v) is 14.9. The Hall–Kier alpha value is -1.55. The summed E-state index contributed by atoms with van der Waals surface area (Å²) in [7, 11) is 1.68. The summed E-state index contributed by atoms with van der Waals surface area (Å²) < 4.78 is 5.19. The zero-order chi connectivity index (χ0) is 16.9. The van der Waals surface area contributed by atoms with Crippen LogP contribution in [0.2, 0.25) is 0 Å². The molecule has 1 amide bonds. The first-order valence-electron chi connectivity index (χ1n) is 9.35.